The van der Waals surface area contributed by atoms with Crippen molar-refractivity contribution < 1.29 is 10.0 Å². The molecule has 1 aromatic carbocycles. The van der Waals surface area contributed by atoms with Gasteiger partial charge in [0, 0.05) is 11.8 Å². The zero-order valence-corrected chi connectivity index (χ0v) is 10.1. The number of nitro groups is 1. The third-order valence-corrected chi connectivity index (χ3v) is 3.87. The molecule has 8 heteroatoms. The Morgan fingerprint density at radius 1 is 1.53 bits per heavy atom. The highest BCUT2D eigenvalue weighted by Gasteiger charge is 2.13. The number of aromatic nitrogens is 2. The number of benzene rings is 1. The summed E-state index contributed by atoms with van der Waals surface area (Å²) in [5.41, 5.74) is 2.11. The van der Waals surface area contributed by atoms with Crippen LogP contribution >= 0.6 is 23.1 Å². The van der Waals surface area contributed by atoms with Crippen molar-refractivity contribution in [2.45, 2.75) is 10.1 Å². The molecule has 1 heterocycles. The Kier molecular flexibility index (Phi) is 3.55. The molecule has 2 rings (SSSR count). The Balaban J connectivity index is 2.11. The molecule has 6 nitrogen and oxygen atoms in total. The molecule has 17 heavy (non-hydrogen) atoms. The molecule has 0 aliphatic rings. The number of hydrogen-bond acceptors (Lipinski definition) is 7. The van der Waals surface area contributed by atoms with Crippen LogP contribution in [0, 0.1) is 10.1 Å². The summed E-state index contributed by atoms with van der Waals surface area (Å²) >= 11 is 2.86. The van der Waals surface area contributed by atoms with Crippen molar-refractivity contribution >= 4 is 28.8 Å². The van der Waals surface area contributed by atoms with E-state index in [4.69, 9.17) is 0 Å². The molecule has 0 saturated carbocycles. The van der Waals surface area contributed by atoms with Crippen LogP contribution in [0.1, 0.15) is 5.56 Å². The summed E-state index contributed by atoms with van der Waals surface area (Å²) in [5, 5.41) is 27.5. The Bertz CT molecular complexity index is 530. The first kappa shape index (κ1) is 11.8. The summed E-state index contributed by atoms with van der Waals surface area (Å²) in [6.45, 7) is 0. The van der Waals surface area contributed by atoms with Crippen LogP contribution in [0.3, 0.4) is 0 Å². The van der Waals surface area contributed by atoms with E-state index in [0.29, 0.717) is 5.75 Å². The van der Waals surface area contributed by atoms with Gasteiger partial charge in [-0.2, -0.15) is 0 Å². The molecule has 0 saturated heterocycles. The molecule has 1 aromatic heterocycles. The first-order valence-corrected chi connectivity index (χ1v) is 6.38. The van der Waals surface area contributed by atoms with Gasteiger partial charge in [-0.15, -0.1) is 10.2 Å². The monoisotopic (exact) mass is 269 g/mol. The minimum Gasteiger partial charge on any atom is -0.502 e. The summed E-state index contributed by atoms with van der Waals surface area (Å²) < 4.78 is 0.806. The number of hydrogen-bond donors (Lipinski definition) is 1. The molecular weight excluding hydrogens is 262 g/mol. The Hall–Kier alpha value is -1.67. The van der Waals surface area contributed by atoms with E-state index in [9.17, 15) is 15.2 Å². The van der Waals surface area contributed by atoms with Crippen LogP contribution in [-0.4, -0.2) is 20.2 Å². The average molecular weight is 269 g/mol. The Morgan fingerprint density at radius 3 is 3.00 bits per heavy atom. The SMILES string of the molecule is O=[N+]([O-])c1cc(CSc2nncs2)ccc1O. The van der Waals surface area contributed by atoms with Gasteiger partial charge >= 0.3 is 5.69 Å². The van der Waals surface area contributed by atoms with Crippen molar-refractivity contribution in [2.24, 2.45) is 0 Å². The second-order valence-corrected chi connectivity index (χ2v) is 5.13. The molecule has 2 aromatic rings. The Morgan fingerprint density at radius 2 is 2.35 bits per heavy atom. The van der Waals surface area contributed by atoms with Crippen LogP contribution in [0.2, 0.25) is 0 Å². The van der Waals surface area contributed by atoms with Gasteiger partial charge in [-0.05, 0) is 11.6 Å². The minimum atomic E-state index is -0.603. The smallest absolute Gasteiger partial charge is 0.310 e. The predicted molar refractivity (Wildman–Crippen MR) is 64.2 cm³/mol. The lowest BCUT2D eigenvalue weighted by atomic mass is 10.2. The molecule has 1 N–H and O–H groups in total. The largest absolute Gasteiger partial charge is 0.502 e. The number of nitrogens with zero attached hydrogens (tertiary/aromatic N) is 3. The van der Waals surface area contributed by atoms with Gasteiger partial charge in [0.05, 0.1) is 4.92 Å². The van der Waals surface area contributed by atoms with E-state index >= 15 is 0 Å². The maximum Gasteiger partial charge on any atom is 0.310 e. The van der Waals surface area contributed by atoms with Gasteiger partial charge in [-0.3, -0.25) is 10.1 Å². The van der Waals surface area contributed by atoms with Crippen molar-refractivity contribution in [1.82, 2.24) is 10.2 Å². The quantitative estimate of drug-likeness (QED) is 0.521. The summed E-state index contributed by atoms with van der Waals surface area (Å²) in [6, 6.07) is 4.34. The summed E-state index contributed by atoms with van der Waals surface area (Å²) in [7, 11) is 0. The number of thioether (sulfide) groups is 1. The Labute approximate surface area is 104 Å². The molecule has 0 aliphatic heterocycles. The lowest BCUT2D eigenvalue weighted by Gasteiger charge is -2.00. The molecule has 0 amide bonds. The summed E-state index contributed by atoms with van der Waals surface area (Å²) in [6.07, 6.45) is 0. The standard InChI is InChI=1S/C9H7N3O3S2/c13-8-2-1-6(3-7(8)12(14)15)4-16-9-11-10-5-17-9/h1-3,5,13H,4H2. The van der Waals surface area contributed by atoms with E-state index < -0.39 is 4.92 Å². The fourth-order valence-corrected chi connectivity index (χ4v) is 2.61. The number of phenolic OH excluding ortho intramolecular Hbond substituents is 1. The molecule has 0 aliphatic carbocycles. The van der Waals surface area contributed by atoms with Gasteiger partial charge in [-0.25, -0.2) is 0 Å². The zero-order valence-electron chi connectivity index (χ0n) is 8.44. The second-order valence-electron chi connectivity index (χ2n) is 3.07. The fourth-order valence-electron chi connectivity index (χ4n) is 1.18. The predicted octanol–water partition coefficient (Wildman–Crippen LogP) is 2.44. The van der Waals surface area contributed by atoms with E-state index in [0.717, 1.165) is 9.90 Å². The van der Waals surface area contributed by atoms with Gasteiger partial charge in [0.1, 0.15) is 5.51 Å². The third kappa shape index (κ3) is 2.92. The lowest BCUT2D eigenvalue weighted by Crippen LogP contribution is -1.90. The second kappa shape index (κ2) is 5.11. The van der Waals surface area contributed by atoms with E-state index in [2.05, 4.69) is 10.2 Å². The highest BCUT2D eigenvalue weighted by molar-refractivity contribution is 8.00. The van der Waals surface area contributed by atoms with Crippen LogP contribution in [0.25, 0.3) is 0 Å². The van der Waals surface area contributed by atoms with Crippen molar-refractivity contribution in [3.63, 3.8) is 0 Å². The van der Waals surface area contributed by atoms with Crippen LogP contribution in [0.5, 0.6) is 5.75 Å². The average Bonchev–Trinajstić information content (AvgIpc) is 2.80. The topological polar surface area (TPSA) is 89.2 Å². The molecule has 0 unspecified atom stereocenters. The third-order valence-electron chi connectivity index (χ3n) is 1.94. The van der Waals surface area contributed by atoms with Crippen LogP contribution in [0.15, 0.2) is 28.0 Å². The van der Waals surface area contributed by atoms with Gasteiger partial charge in [0.15, 0.2) is 10.1 Å². The summed E-state index contributed by atoms with van der Waals surface area (Å²) in [4.78, 5) is 10.0. The minimum absolute atomic E-state index is 0.277. The number of aromatic hydroxyl groups is 1. The van der Waals surface area contributed by atoms with Gasteiger partial charge < -0.3 is 5.11 Å². The number of nitro benzene ring substituents is 1. The van der Waals surface area contributed by atoms with Crippen molar-refractivity contribution in [1.29, 1.82) is 0 Å². The molecule has 0 bridgehead atoms. The molecule has 88 valence electrons. The fraction of sp³-hybridized carbons (Fsp3) is 0.111. The van der Waals surface area contributed by atoms with Crippen molar-refractivity contribution in [3.8, 4) is 5.75 Å². The number of rotatable bonds is 4. The molecule has 0 radical (unpaired) electrons. The van der Waals surface area contributed by atoms with Crippen molar-refractivity contribution in [3.05, 3.63) is 39.4 Å². The van der Waals surface area contributed by atoms with E-state index in [1.54, 1.807) is 11.6 Å². The summed E-state index contributed by atoms with van der Waals surface area (Å²) in [5.74, 6) is 0.232. The van der Waals surface area contributed by atoms with Crippen LogP contribution in [0.4, 0.5) is 5.69 Å². The highest BCUT2D eigenvalue weighted by Crippen LogP contribution is 2.30. The van der Waals surface area contributed by atoms with Gasteiger partial charge in [-0.1, -0.05) is 29.2 Å². The van der Waals surface area contributed by atoms with Gasteiger partial charge in [0.25, 0.3) is 0 Å². The molecule has 0 fully saturated rings. The van der Waals surface area contributed by atoms with E-state index in [1.807, 2.05) is 0 Å². The van der Waals surface area contributed by atoms with Crippen molar-refractivity contribution in [2.75, 3.05) is 0 Å². The maximum absolute atomic E-state index is 10.6. The number of phenols is 1. The maximum atomic E-state index is 10.6. The molecule has 0 atom stereocenters. The van der Waals surface area contributed by atoms with Crippen LogP contribution < -0.4 is 0 Å². The molecule has 0 spiro atoms. The highest BCUT2D eigenvalue weighted by atomic mass is 32.2. The zero-order chi connectivity index (χ0) is 12.3. The van der Waals surface area contributed by atoms with E-state index in [-0.39, 0.29) is 11.4 Å². The van der Waals surface area contributed by atoms with Crippen LogP contribution in [-0.2, 0) is 5.75 Å². The van der Waals surface area contributed by atoms with Gasteiger partial charge in [0.2, 0.25) is 0 Å². The van der Waals surface area contributed by atoms with E-state index in [1.165, 1.54) is 35.2 Å². The molecular formula is C9H7N3O3S2. The first-order chi connectivity index (χ1) is 8.16. The lowest BCUT2D eigenvalue weighted by molar-refractivity contribution is -0.385. The first-order valence-electron chi connectivity index (χ1n) is 4.52. The normalized spacial score (nSPS) is 10.4.